The van der Waals surface area contributed by atoms with Crippen LogP contribution in [0.4, 0.5) is 0 Å². The van der Waals surface area contributed by atoms with Gasteiger partial charge in [-0.2, -0.15) is 0 Å². The van der Waals surface area contributed by atoms with E-state index in [4.69, 9.17) is 14.2 Å². The van der Waals surface area contributed by atoms with Crippen molar-refractivity contribution in [2.75, 3.05) is 6.61 Å². The van der Waals surface area contributed by atoms with Crippen molar-refractivity contribution < 1.29 is 19.0 Å². The fraction of sp³-hybridized carbons (Fsp3) is 0.250. The average Bonchev–Trinajstić information content (AvgIpc) is 3.07. The van der Waals surface area contributed by atoms with Gasteiger partial charge in [0.2, 0.25) is 5.78 Å². The summed E-state index contributed by atoms with van der Waals surface area (Å²) in [5.41, 5.74) is 3.92. The Bertz CT molecular complexity index is 1150. The van der Waals surface area contributed by atoms with E-state index in [2.05, 4.69) is 45.0 Å². The van der Waals surface area contributed by atoms with E-state index in [-0.39, 0.29) is 11.2 Å². The third-order valence-corrected chi connectivity index (χ3v) is 5.33. The van der Waals surface area contributed by atoms with Crippen LogP contribution < -0.4 is 14.2 Å². The minimum Gasteiger partial charge on any atom is -0.494 e. The number of fused-ring (bicyclic) bond motifs is 1. The molecule has 0 radical (unpaired) electrons. The third-order valence-electron chi connectivity index (χ3n) is 5.33. The number of hydrogen-bond acceptors (Lipinski definition) is 4. The van der Waals surface area contributed by atoms with Crippen molar-refractivity contribution in [2.24, 2.45) is 0 Å². The first-order chi connectivity index (χ1) is 15.3. The quantitative estimate of drug-likeness (QED) is 0.416. The lowest BCUT2D eigenvalue weighted by molar-refractivity contribution is 0.101. The van der Waals surface area contributed by atoms with Gasteiger partial charge >= 0.3 is 0 Å². The van der Waals surface area contributed by atoms with E-state index in [0.29, 0.717) is 36.0 Å². The van der Waals surface area contributed by atoms with Crippen molar-refractivity contribution in [3.05, 3.63) is 94.7 Å². The van der Waals surface area contributed by atoms with Crippen LogP contribution in [0.1, 0.15) is 54.7 Å². The van der Waals surface area contributed by atoms with Gasteiger partial charge in [-0.25, -0.2) is 0 Å². The lowest BCUT2D eigenvalue weighted by Gasteiger charge is -2.19. The predicted octanol–water partition coefficient (Wildman–Crippen LogP) is 6.58. The van der Waals surface area contributed by atoms with Gasteiger partial charge in [0.05, 0.1) is 12.2 Å². The second-order valence-electron chi connectivity index (χ2n) is 8.84. The van der Waals surface area contributed by atoms with Crippen molar-refractivity contribution >= 4 is 11.9 Å². The van der Waals surface area contributed by atoms with Gasteiger partial charge in [0, 0.05) is 6.07 Å². The highest BCUT2D eigenvalue weighted by atomic mass is 16.5. The average molecular weight is 429 g/mol. The van der Waals surface area contributed by atoms with E-state index in [9.17, 15) is 4.79 Å². The van der Waals surface area contributed by atoms with Crippen LogP contribution in [0.15, 0.2) is 72.5 Å². The Morgan fingerprint density at radius 2 is 1.66 bits per heavy atom. The fourth-order valence-electron chi connectivity index (χ4n) is 3.54. The van der Waals surface area contributed by atoms with Gasteiger partial charge in [-0.1, -0.05) is 57.2 Å². The third kappa shape index (κ3) is 4.86. The summed E-state index contributed by atoms with van der Waals surface area (Å²) >= 11 is 0. The van der Waals surface area contributed by atoms with Gasteiger partial charge in [-0.15, -0.1) is 0 Å². The molecule has 4 nitrogen and oxygen atoms in total. The summed E-state index contributed by atoms with van der Waals surface area (Å²) in [6.45, 7) is 9.56. The molecule has 4 heteroatoms. The van der Waals surface area contributed by atoms with Crippen LogP contribution in [-0.4, -0.2) is 12.4 Å². The first-order valence-electron chi connectivity index (χ1n) is 10.9. The summed E-state index contributed by atoms with van der Waals surface area (Å²) in [5, 5.41) is 0. The minimum atomic E-state index is -0.131. The highest BCUT2D eigenvalue weighted by Crippen LogP contribution is 2.35. The first kappa shape index (κ1) is 21.7. The Balaban J connectivity index is 1.45. The molecule has 0 saturated carbocycles. The molecule has 0 unspecified atom stereocenters. The molecule has 0 amide bonds. The number of benzene rings is 3. The van der Waals surface area contributed by atoms with Gasteiger partial charge in [0.15, 0.2) is 5.76 Å². The van der Waals surface area contributed by atoms with Crippen LogP contribution in [0.3, 0.4) is 0 Å². The molecule has 0 N–H and O–H groups in total. The second kappa shape index (κ2) is 8.91. The van der Waals surface area contributed by atoms with Crippen molar-refractivity contribution in [3.63, 3.8) is 0 Å². The topological polar surface area (TPSA) is 44.8 Å². The van der Waals surface area contributed by atoms with Gasteiger partial charge in [0.25, 0.3) is 0 Å². The standard InChI is InChI=1S/C28H28O4/c1-5-30-23-13-14-24-25(17-23)32-26(27(24)29)16-20-7-6-8-22(15-20)31-18-19-9-11-21(12-10-19)28(2,3)4/h6-17H,5,18H2,1-4H3/b26-16+. The van der Waals surface area contributed by atoms with Crippen LogP contribution in [0.5, 0.6) is 17.2 Å². The number of carbonyl (C=O) groups is 1. The van der Waals surface area contributed by atoms with Gasteiger partial charge < -0.3 is 14.2 Å². The zero-order valence-electron chi connectivity index (χ0n) is 19.0. The number of Topliss-reactive ketones (excluding diaryl/α,β-unsaturated/α-hetero) is 1. The Morgan fingerprint density at radius 3 is 2.38 bits per heavy atom. The van der Waals surface area contributed by atoms with Crippen molar-refractivity contribution in [2.45, 2.75) is 39.7 Å². The summed E-state index contributed by atoms with van der Waals surface area (Å²) in [5.74, 6) is 2.11. The lowest BCUT2D eigenvalue weighted by Crippen LogP contribution is -2.10. The molecule has 0 aliphatic carbocycles. The van der Waals surface area contributed by atoms with E-state index in [0.717, 1.165) is 16.9 Å². The molecule has 4 rings (SSSR count). The Morgan fingerprint density at radius 1 is 0.906 bits per heavy atom. The molecule has 0 aromatic heterocycles. The Kier molecular flexibility index (Phi) is 6.04. The van der Waals surface area contributed by atoms with E-state index < -0.39 is 0 Å². The Hall–Kier alpha value is -3.53. The number of carbonyl (C=O) groups excluding carboxylic acids is 1. The zero-order chi connectivity index (χ0) is 22.7. The van der Waals surface area contributed by atoms with E-state index in [1.807, 2.05) is 31.2 Å². The van der Waals surface area contributed by atoms with Crippen LogP contribution in [0.2, 0.25) is 0 Å². The molecule has 0 bridgehead atoms. The van der Waals surface area contributed by atoms with Gasteiger partial charge in [0.1, 0.15) is 23.9 Å². The van der Waals surface area contributed by atoms with E-state index in [1.165, 1.54) is 5.56 Å². The molecule has 0 spiro atoms. The van der Waals surface area contributed by atoms with Crippen LogP contribution in [0.25, 0.3) is 6.08 Å². The molecule has 164 valence electrons. The number of ketones is 1. The maximum absolute atomic E-state index is 12.7. The molecule has 0 saturated heterocycles. The molecule has 1 heterocycles. The molecule has 3 aromatic carbocycles. The largest absolute Gasteiger partial charge is 0.494 e. The molecule has 1 aliphatic rings. The van der Waals surface area contributed by atoms with Crippen LogP contribution in [-0.2, 0) is 12.0 Å². The molecule has 32 heavy (non-hydrogen) atoms. The Labute approximate surface area is 189 Å². The van der Waals surface area contributed by atoms with Crippen molar-refractivity contribution in [3.8, 4) is 17.2 Å². The van der Waals surface area contributed by atoms with Crippen LogP contribution in [0, 0.1) is 0 Å². The number of ether oxygens (including phenoxy) is 3. The molecular weight excluding hydrogens is 400 g/mol. The smallest absolute Gasteiger partial charge is 0.231 e. The zero-order valence-corrected chi connectivity index (χ0v) is 19.0. The summed E-state index contributed by atoms with van der Waals surface area (Å²) in [6, 6.07) is 21.4. The van der Waals surface area contributed by atoms with Gasteiger partial charge in [-0.3, -0.25) is 4.79 Å². The molecule has 1 aliphatic heterocycles. The second-order valence-corrected chi connectivity index (χ2v) is 8.84. The number of hydrogen-bond donors (Lipinski definition) is 0. The SMILES string of the molecule is CCOc1ccc2c(c1)O/C(=C/c1cccc(OCc3ccc(C(C)(C)C)cc3)c1)C2=O. The van der Waals surface area contributed by atoms with E-state index in [1.54, 1.807) is 24.3 Å². The summed E-state index contributed by atoms with van der Waals surface area (Å²) in [6.07, 6.45) is 1.74. The molecule has 0 atom stereocenters. The molecular formula is C28H28O4. The van der Waals surface area contributed by atoms with Gasteiger partial charge in [-0.05, 0) is 59.4 Å². The summed E-state index contributed by atoms with van der Waals surface area (Å²) in [7, 11) is 0. The van der Waals surface area contributed by atoms with E-state index >= 15 is 0 Å². The normalized spacial score (nSPS) is 14.2. The maximum Gasteiger partial charge on any atom is 0.231 e. The summed E-state index contributed by atoms with van der Waals surface area (Å²) in [4.78, 5) is 12.7. The first-order valence-corrected chi connectivity index (χ1v) is 10.9. The van der Waals surface area contributed by atoms with Crippen LogP contribution >= 0.6 is 0 Å². The monoisotopic (exact) mass is 428 g/mol. The highest BCUT2D eigenvalue weighted by molar-refractivity contribution is 6.14. The molecule has 0 fully saturated rings. The summed E-state index contributed by atoms with van der Waals surface area (Å²) < 4.78 is 17.3. The number of rotatable bonds is 6. The highest BCUT2D eigenvalue weighted by Gasteiger charge is 2.27. The predicted molar refractivity (Wildman–Crippen MR) is 126 cm³/mol. The molecule has 3 aromatic rings. The maximum atomic E-state index is 12.7. The lowest BCUT2D eigenvalue weighted by atomic mass is 9.87. The number of allylic oxidation sites excluding steroid dienone is 1. The van der Waals surface area contributed by atoms with Crippen molar-refractivity contribution in [1.29, 1.82) is 0 Å². The minimum absolute atomic E-state index is 0.130. The van der Waals surface area contributed by atoms with Crippen molar-refractivity contribution in [1.82, 2.24) is 0 Å². The fourth-order valence-corrected chi connectivity index (χ4v) is 3.54.